The first-order valence-corrected chi connectivity index (χ1v) is 7.90. The molecule has 0 spiro atoms. The van der Waals surface area contributed by atoms with Gasteiger partial charge in [0.2, 0.25) is 5.91 Å². The molecule has 2 rings (SSSR count). The van der Waals surface area contributed by atoms with Gasteiger partial charge in [0.15, 0.2) is 0 Å². The van der Waals surface area contributed by atoms with Crippen LogP contribution in [0.25, 0.3) is 0 Å². The van der Waals surface area contributed by atoms with Gasteiger partial charge in [-0.1, -0.05) is 42.5 Å². The molecule has 1 amide bonds. The smallest absolute Gasteiger partial charge is 0.326 e. The van der Waals surface area contributed by atoms with Crippen LogP contribution in [0.5, 0.6) is 0 Å². The van der Waals surface area contributed by atoms with E-state index in [0.717, 1.165) is 5.56 Å². The van der Waals surface area contributed by atoms with Crippen LogP contribution in [0.2, 0.25) is 0 Å². The van der Waals surface area contributed by atoms with Gasteiger partial charge in [0, 0.05) is 0 Å². The predicted octanol–water partition coefficient (Wildman–Crippen LogP) is 2.07. The summed E-state index contributed by atoms with van der Waals surface area (Å²) < 4.78 is 18.1. The first kappa shape index (κ1) is 19.1. The van der Waals surface area contributed by atoms with Crippen molar-refractivity contribution >= 4 is 17.8 Å². The summed E-state index contributed by atoms with van der Waals surface area (Å²) in [6.45, 7) is 0.0171. The number of amides is 1. The Bertz CT molecular complexity index is 779. The first-order chi connectivity index (χ1) is 12.4. The maximum atomic E-state index is 13.1. The lowest BCUT2D eigenvalue weighted by molar-refractivity contribution is -0.151. The lowest BCUT2D eigenvalue weighted by atomic mass is 10.1. The number of carbonyl (C=O) groups is 3. The number of rotatable bonds is 8. The highest BCUT2D eigenvalue weighted by Gasteiger charge is 2.24. The Morgan fingerprint density at radius 2 is 1.73 bits per heavy atom. The van der Waals surface area contributed by atoms with E-state index in [1.807, 2.05) is 6.07 Å². The van der Waals surface area contributed by atoms with Crippen LogP contribution in [-0.2, 0) is 32.1 Å². The van der Waals surface area contributed by atoms with Crippen molar-refractivity contribution in [2.24, 2.45) is 0 Å². The third-order valence-corrected chi connectivity index (χ3v) is 3.50. The van der Waals surface area contributed by atoms with E-state index >= 15 is 0 Å². The second kappa shape index (κ2) is 9.31. The topological polar surface area (TPSA) is 92.7 Å². The van der Waals surface area contributed by atoms with Crippen LogP contribution in [0, 0.1) is 5.82 Å². The summed E-state index contributed by atoms with van der Waals surface area (Å²) in [5.74, 6) is -3.21. The van der Waals surface area contributed by atoms with E-state index in [-0.39, 0.29) is 13.0 Å². The lowest BCUT2D eigenvalue weighted by Gasteiger charge is -2.14. The molecular weight excluding hydrogens is 341 g/mol. The number of carbonyl (C=O) groups excluding carboxylic acids is 2. The molecule has 2 N–H and O–H groups in total. The monoisotopic (exact) mass is 359 g/mol. The van der Waals surface area contributed by atoms with E-state index in [4.69, 9.17) is 4.74 Å². The molecule has 0 radical (unpaired) electrons. The Balaban J connectivity index is 1.86. The molecule has 2 aromatic carbocycles. The van der Waals surface area contributed by atoms with Gasteiger partial charge >= 0.3 is 11.9 Å². The number of hydrogen-bond donors (Lipinski definition) is 2. The molecule has 7 heteroatoms. The van der Waals surface area contributed by atoms with Gasteiger partial charge < -0.3 is 15.2 Å². The second-order valence-corrected chi connectivity index (χ2v) is 5.62. The van der Waals surface area contributed by atoms with Gasteiger partial charge in [0.25, 0.3) is 0 Å². The average Bonchev–Trinajstić information content (AvgIpc) is 2.60. The maximum absolute atomic E-state index is 13.1. The number of esters is 1. The van der Waals surface area contributed by atoms with E-state index in [2.05, 4.69) is 5.32 Å². The van der Waals surface area contributed by atoms with Crippen molar-refractivity contribution in [3.05, 3.63) is 71.5 Å². The summed E-state index contributed by atoms with van der Waals surface area (Å²) in [6, 6.07) is 12.9. The molecule has 1 atom stereocenters. The molecule has 26 heavy (non-hydrogen) atoms. The quantitative estimate of drug-likeness (QED) is 0.704. The third-order valence-electron chi connectivity index (χ3n) is 3.50. The Morgan fingerprint density at radius 1 is 1.04 bits per heavy atom. The molecule has 2 aromatic rings. The predicted molar refractivity (Wildman–Crippen MR) is 90.5 cm³/mol. The first-order valence-electron chi connectivity index (χ1n) is 7.90. The molecule has 0 saturated heterocycles. The number of ether oxygens (including phenoxy) is 1. The summed E-state index contributed by atoms with van der Waals surface area (Å²) in [7, 11) is 0. The van der Waals surface area contributed by atoms with Crippen LogP contribution in [-0.4, -0.2) is 29.0 Å². The Hall–Kier alpha value is -3.22. The largest absolute Gasteiger partial charge is 0.480 e. The summed E-state index contributed by atoms with van der Waals surface area (Å²) in [4.78, 5) is 35.0. The summed E-state index contributed by atoms with van der Waals surface area (Å²) in [6.07, 6.45) is -0.697. The Kier molecular flexibility index (Phi) is 6.84. The van der Waals surface area contributed by atoms with E-state index < -0.39 is 36.1 Å². The standard InChI is InChI=1S/C19H18FNO5/c20-15-8-4-7-14(9-15)10-17(22)21-16(19(24)25)11-18(23)26-12-13-5-2-1-3-6-13/h1-9,16H,10-12H2,(H,21,22)(H,24,25)/t16-/m1/s1. The summed E-state index contributed by atoms with van der Waals surface area (Å²) >= 11 is 0. The average molecular weight is 359 g/mol. The normalized spacial score (nSPS) is 11.4. The molecule has 0 aliphatic heterocycles. The van der Waals surface area contributed by atoms with Crippen LogP contribution in [0.3, 0.4) is 0 Å². The molecule has 0 bridgehead atoms. The van der Waals surface area contributed by atoms with Crippen molar-refractivity contribution in [3.63, 3.8) is 0 Å². The van der Waals surface area contributed by atoms with Gasteiger partial charge in [-0.2, -0.15) is 0 Å². The molecule has 0 fully saturated rings. The van der Waals surface area contributed by atoms with Crippen molar-refractivity contribution < 1.29 is 28.6 Å². The van der Waals surface area contributed by atoms with Crippen molar-refractivity contribution in [1.29, 1.82) is 0 Å². The van der Waals surface area contributed by atoms with E-state index in [1.165, 1.54) is 18.2 Å². The molecule has 0 aliphatic carbocycles. The van der Waals surface area contributed by atoms with Gasteiger partial charge in [-0.25, -0.2) is 9.18 Å². The number of nitrogens with one attached hydrogen (secondary N) is 1. The molecule has 0 aromatic heterocycles. The number of hydrogen-bond acceptors (Lipinski definition) is 4. The highest BCUT2D eigenvalue weighted by atomic mass is 19.1. The maximum Gasteiger partial charge on any atom is 0.326 e. The Labute approximate surface area is 149 Å². The Morgan fingerprint density at radius 3 is 2.38 bits per heavy atom. The minimum atomic E-state index is -1.42. The van der Waals surface area contributed by atoms with Gasteiger partial charge in [-0.3, -0.25) is 9.59 Å². The van der Waals surface area contributed by atoms with E-state index in [0.29, 0.717) is 5.56 Å². The third kappa shape index (κ3) is 6.35. The minimum absolute atomic E-state index is 0.0171. The van der Waals surface area contributed by atoms with Crippen molar-refractivity contribution in [3.8, 4) is 0 Å². The van der Waals surface area contributed by atoms with Crippen LogP contribution >= 0.6 is 0 Å². The van der Waals surface area contributed by atoms with Crippen LogP contribution in [0.4, 0.5) is 4.39 Å². The molecular formula is C19H18FNO5. The fourth-order valence-electron chi connectivity index (χ4n) is 2.24. The molecule has 0 aliphatic rings. The minimum Gasteiger partial charge on any atom is -0.480 e. The fourth-order valence-corrected chi connectivity index (χ4v) is 2.24. The number of benzene rings is 2. The SMILES string of the molecule is O=C(Cc1cccc(F)c1)N[C@H](CC(=O)OCc1ccccc1)C(=O)O. The molecule has 6 nitrogen and oxygen atoms in total. The zero-order valence-electron chi connectivity index (χ0n) is 13.9. The highest BCUT2D eigenvalue weighted by Crippen LogP contribution is 2.06. The van der Waals surface area contributed by atoms with Gasteiger partial charge in [-0.05, 0) is 23.3 Å². The molecule has 136 valence electrons. The van der Waals surface area contributed by atoms with Crippen molar-refractivity contribution in [2.45, 2.75) is 25.5 Å². The zero-order chi connectivity index (χ0) is 18.9. The van der Waals surface area contributed by atoms with Gasteiger partial charge in [0.05, 0.1) is 12.8 Å². The van der Waals surface area contributed by atoms with Crippen LogP contribution in [0.1, 0.15) is 17.5 Å². The molecule has 0 saturated carbocycles. The van der Waals surface area contributed by atoms with E-state index in [9.17, 15) is 23.9 Å². The number of carboxylic acid groups (broad SMARTS) is 1. The highest BCUT2D eigenvalue weighted by molar-refractivity contribution is 5.88. The number of carboxylic acids is 1. The molecule has 0 heterocycles. The van der Waals surface area contributed by atoms with E-state index in [1.54, 1.807) is 30.3 Å². The fraction of sp³-hybridized carbons (Fsp3) is 0.211. The molecule has 0 unspecified atom stereocenters. The second-order valence-electron chi connectivity index (χ2n) is 5.62. The van der Waals surface area contributed by atoms with Crippen molar-refractivity contribution in [2.75, 3.05) is 0 Å². The van der Waals surface area contributed by atoms with Crippen LogP contribution < -0.4 is 5.32 Å². The number of aliphatic carboxylic acids is 1. The lowest BCUT2D eigenvalue weighted by Crippen LogP contribution is -2.43. The van der Waals surface area contributed by atoms with Gasteiger partial charge in [0.1, 0.15) is 18.5 Å². The zero-order valence-corrected chi connectivity index (χ0v) is 13.9. The number of halogens is 1. The van der Waals surface area contributed by atoms with Crippen molar-refractivity contribution in [1.82, 2.24) is 5.32 Å². The summed E-state index contributed by atoms with van der Waals surface area (Å²) in [5.41, 5.74) is 1.17. The van der Waals surface area contributed by atoms with Gasteiger partial charge in [-0.15, -0.1) is 0 Å². The summed E-state index contributed by atoms with van der Waals surface area (Å²) in [5, 5.41) is 11.4. The van der Waals surface area contributed by atoms with Crippen LogP contribution in [0.15, 0.2) is 54.6 Å².